The maximum Gasteiger partial charge on any atom is 0.238 e. The largest absolute Gasteiger partial charge is 0.496 e. The maximum atomic E-state index is 11.4. The van der Waals surface area contributed by atoms with Gasteiger partial charge in [-0.3, -0.25) is 0 Å². The Labute approximate surface area is 90.1 Å². The Balaban J connectivity index is 3.65. The topological polar surface area (TPSA) is 69.4 Å². The van der Waals surface area contributed by atoms with Crippen LogP contribution in [0, 0.1) is 20.8 Å². The van der Waals surface area contributed by atoms with Crippen LogP contribution in [-0.4, -0.2) is 15.5 Å². The molecule has 0 radical (unpaired) electrons. The van der Waals surface area contributed by atoms with Gasteiger partial charge in [-0.25, -0.2) is 13.6 Å². The highest BCUT2D eigenvalue weighted by Crippen LogP contribution is 2.29. The Hall–Kier alpha value is -1.07. The summed E-state index contributed by atoms with van der Waals surface area (Å²) in [5, 5.41) is 5.15. The number of nitrogens with two attached hydrogens (primary N) is 1. The minimum atomic E-state index is -3.67. The van der Waals surface area contributed by atoms with E-state index in [1.54, 1.807) is 27.0 Å². The van der Waals surface area contributed by atoms with Crippen LogP contribution < -0.4 is 9.88 Å². The van der Waals surface area contributed by atoms with E-state index in [1.807, 2.05) is 6.92 Å². The Bertz CT molecular complexity index is 492. The second kappa shape index (κ2) is 3.83. The summed E-state index contributed by atoms with van der Waals surface area (Å²) in [5.74, 6) is 0.678. The number of hydrogen-bond donors (Lipinski definition) is 1. The highest BCUT2D eigenvalue weighted by molar-refractivity contribution is 7.89. The van der Waals surface area contributed by atoms with E-state index in [1.165, 1.54) is 0 Å². The fraction of sp³-hybridized carbons (Fsp3) is 0.400. The highest BCUT2D eigenvalue weighted by Gasteiger charge is 2.18. The van der Waals surface area contributed by atoms with Gasteiger partial charge in [0.05, 0.1) is 12.0 Å². The quantitative estimate of drug-likeness (QED) is 0.830. The number of sulfonamides is 1. The molecular weight excluding hydrogens is 214 g/mol. The number of methoxy groups -OCH3 is 1. The molecule has 0 aliphatic rings. The molecule has 1 rings (SSSR count). The average molecular weight is 229 g/mol. The van der Waals surface area contributed by atoms with E-state index in [-0.39, 0.29) is 4.90 Å². The molecule has 0 aromatic heterocycles. The number of primary sulfonamides is 1. The van der Waals surface area contributed by atoms with Crippen molar-refractivity contribution in [3.8, 4) is 5.75 Å². The molecule has 0 aliphatic carbocycles. The molecule has 5 heteroatoms. The first-order valence-electron chi connectivity index (χ1n) is 4.46. The molecular formula is C10H15NO3S. The molecule has 0 amide bonds. The van der Waals surface area contributed by atoms with Gasteiger partial charge in [-0.05, 0) is 43.5 Å². The lowest BCUT2D eigenvalue weighted by Gasteiger charge is -2.14. The molecule has 0 fully saturated rings. The monoisotopic (exact) mass is 229 g/mol. The lowest BCUT2D eigenvalue weighted by molar-refractivity contribution is 0.410. The van der Waals surface area contributed by atoms with E-state index < -0.39 is 10.0 Å². The summed E-state index contributed by atoms with van der Waals surface area (Å²) in [4.78, 5) is 0.195. The van der Waals surface area contributed by atoms with Gasteiger partial charge < -0.3 is 4.74 Å². The summed E-state index contributed by atoms with van der Waals surface area (Å²) in [6.07, 6.45) is 0. The number of ether oxygens (including phenoxy) is 1. The summed E-state index contributed by atoms with van der Waals surface area (Å²) >= 11 is 0. The van der Waals surface area contributed by atoms with E-state index in [0.717, 1.165) is 5.56 Å². The number of benzene rings is 1. The van der Waals surface area contributed by atoms with Gasteiger partial charge >= 0.3 is 0 Å². The molecule has 84 valence electrons. The Kier molecular flexibility index (Phi) is 3.06. The standard InChI is InChI=1S/C10H15NO3S/c1-6-5-9(14-4)7(2)8(3)10(6)15(11,12)13/h5H,1-4H3,(H2,11,12,13). The van der Waals surface area contributed by atoms with Gasteiger partial charge in [0.2, 0.25) is 10.0 Å². The third-order valence-electron chi connectivity index (χ3n) is 2.48. The van der Waals surface area contributed by atoms with Crippen LogP contribution in [0.5, 0.6) is 5.75 Å². The number of hydrogen-bond acceptors (Lipinski definition) is 3. The molecule has 0 spiro atoms. The number of aryl methyl sites for hydroxylation is 1. The summed E-state index contributed by atoms with van der Waals surface area (Å²) in [6, 6.07) is 1.68. The fourth-order valence-electron chi connectivity index (χ4n) is 1.67. The first-order chi connectivity index (χ1) is 6.79. The molecule has 2 N–H and O–H groups in total. The third kappa shape index (κ3) is 2.13. The predicted molar refractivity (Wildman–Crippen MR) is 58.6 cm³/mol. The van der Waals surface area contributed by atoms with E-state index in [2.05, 4.69) is 0 Å². The van der Waals surface area contributed by atoms with Crippen molar-refractivity contribution in [1.29, 1.82) is 0 Å². The molecule has 0 atom stereocenters. The molecule has 0 bridgehead atoms. The maximum absolute atomic E-state index is 11.4. The molecule has 1 aromatic rings. The Morgan fingerprint density at radius 1 is 1.20 bits per heavy atom. The van der Waals surface area contributed by atoms with E-state index >= 15 is 0 Å². The molecule has 0 saturated carbocycles. The van der Waals surface area contributed by atoms with Crippen LogP contribution in [-0.2, 0) is 10.0 Å². The van der Waals surface area contributed by atoms with Crippen LogP contribution in [0.3, 0.4) is 0 Å². The van der Waals surface area contributed by atoms with Crippen molar-refractivity contribution >= 4 is 10.0 Å². The summed E-state index contributed by atoms with van der Waals surface area (Å²) in [7, 11) is -2.11. The molecule has 4 nitrogen and oxygen atoms in total. The summed E-state index contributed by atoms with van der Waals surface area (Å²) in [5.41, 5.74) is 2.05. The van der Waals surface area contributed by atoms with Crippen molar-refractivity contribution < 1.29 is 13.2 Å². The van der Waals surface area contributed by atoms with Crippen molar-refractivity contribution in [1.82, 2.24) is 0 Å². The van der Waals surface area contributed by atoms with E-state index in [9.17, 15) is 8.42 Å². The van der Waals surface area contributed by atoms with Gasteiger partial charge in [-0.1, -0.05) is 0 Å². The van der Waals surface area contributed by atoms with Crippen LogP contribution in [0.15, 0.2) is 11.0 Å². The van der Waals surface area contributed by atoms with E-state index in [4.69, 9.17) is 9.88 Å². The predicted octanol–water partition coefficient (Wildman–Crippen LogP) is 1.27. The van der Waals surface area contributed by atoms with Crippen LogP contribution in [0.1, 0.15) is 16.7 Å². The molecule has 0 saturated heterocycles. The second-order valence-corrected chi connectivity index (χ2v) is 5.02. The molecule has 0 heterocycles. The van der Waals surface area contributed by atoms with Crippen LogP contribution in [0.2, 0.25) is 0 Å². The molecule has 15 heavy (non-hydrogen) atoms. The zero-order chi connectivity index (χ0) is 11.8. The molecule has 0 unspecified atom stereocenters. The lowest BCUT2D eigenvalue weighted by atomic mass is 10.1. The number of rotatable bonds is 2. The second-order valence-electron chi connectivity index (χ2n) is 3.52. The van der Waals surface area contributed by atoms with Gasteiger partial charge in [-0.15, -0.1) is 0 Å². The Morgan fingerprint density at radius 3 is 2.13 bits per heavy atom. The highest BCUT2D eigenvalue weighted by atomic mass is 32.2. The normalized spacial score (nSPS) is 11.5. The van der Waals surface area contributed by atoms with Gasteiger partial charge in [0, 0.05) is 0 Å². The van der Waals surface area contributed by atoms with Crippen molar-refractivity contribution in [3.63, 3.8) is 0 Å². The first-order valence-corrected chi connectivity index (χ1v) is 6.01. The van der Waals surface area contributed by atoms with Crippen molar-refractivity contribution in [3.05, 3.63) is 22.8 Å². The van der Waals surface area contributed by atoms with Gasteiger partial charge in [-0.2, -0.15) is 0 Å². The van der Waals surface area contributed by atoms with Crippen LogP contribution in [0.25, 0.3) is 0 Å². The van der Waals surface area contributed by atoms with Gasteiger partial charge in [0.15, 0.2) is 0 Å². The molecule has 0 aliphatic heterocycles. The zero-order valence-corrected chi connectivity index (χ0v) is 10.1. The van der Waals surface area contributed by atoms with Crippen LogP contribution >= 0.6 is 0 Å². The minimum absolute atomic E-state index is 0.195. The summed E-state index contributed by atoms with van der Waals surface area (Å²) < 4.78 is 27.9. The van der Waals surface area contributed by atoms with Crippen LogP contribution in [0.4, 0.5) is 0 Å². The summed E-state index contributed by atoms with van der Waals surface area (Å²) in [6.45, 7) is 5.24. The molecule has 1 aromatic carbocycles. The van der Waals surface area contributed by atoms with Gasteiger partial charge in [0.1, 0.15) is 5.75 Å². The average Bonchev–Trinajstić information content (AvgIpc) is 2.09. The zero-order valence-electron chi connectivity index (χ0n) is 9.29. The SMILES string of the molecule is COc1cc(C)c(S(N)(=O)=O)c(C)c1C. The van der Waals surface area contributed by atoms with Crippen molar-refractivity contribution in [2.24, 2.45) is 5.14 Å². The Morgan fingerprint density at radius 2 is 1.73 bits per heavy atom. The minimum Gasteiger partial charge on any atom is -0.496 e. The fourth-order valence-corrected chi connectivity index (χ4v) is 2.76. The lowest BCUT2D eigenvalue weighted by Crippen LogP contribution is -2.16. The third-order valence-corrected chi connectivity index (χ3v) is 3.68. The van der Waals surface area contributed by atoms with E-state index in [0.29, 0.717) is 16.9 Å². The van der Waals surface area contributed by atoms with Crippen molar-refractivity contribution in [2.75, 3.05) is 7.11 Å². The van der Waals surface area contributed by atoms with Gasteiger partial charge in [0.25, 0.3) is 0 Å². The first kappa shape index (κ1) is 12.0. The van der Waals surface area contributed by atoms with Crippen molar-refractivity contribution in [2.45, 2.75) is 25.7 Å². The smallest absolute Gasteiger partial charge is 0.238 e.